The van der Waals surface area contributed by atoms with Gasteiger partial charge in [-0.2, -0.15) is 13.2 Å². The first-order valence-corrected chi connectivity index (χ1v) is 8.31. The Morgan fingerprint density at radius 1 is 1.14 bits per heavy atom. The van der Waals surface area contributed by atoms with E-state index in [0.29, 0.717) is 0 Å². The molecule has 0 aliphatic carbocycles. The Hall–Kier alpha value is -3.10. The zero-order valence-electron chi connectivity index (χ0n) is 15.2. The van der Waals surface area contributed by atoms with E-state index in [0.717, 1.165) is 23.8 Å². The van der Waals surface area contributed by atoms with Crippen LogP contribution in [0.1, 0.15) is 29.8 Å². The van der Waals surface area contributed by atoms with E-state index in [-0.39, 0.29) is 17.9 Å². The van der Waals surface area contributed by atoms with Crippen molar-refractivity contribution in [2.75, 3.05) is 13.2 Å². The van der Waals surface area contributed by atoms with Crippen LogP contribution in [0.2, 0.25) is 0 Å². The van der Waals surface area contributed by atoms with Gasteiger partial charge in [-0.05, 0) is 17.7 Å². The number of nitrogens with one attached hydrogen (secondary N) is 1. The number of nitro benzene ring substituents is 1. The van der Waals surface area contributed by atoms with Crippen molar-refractivity contribution in [1.29, 1.82) is 0 Å². The topological polar surface area (TPSA) is 81.5 Å². The smallest absolute Gasteiger partial charge is 0.422 e. The normalized spacial score (nSPS) is 11.8. The Morgan fingerprint density at radius 3 is 2.36 bits per heavy atom. The molecule has 0 saturated heterocycles. The van der Waals surface area contributed by atoms with E-state index >= 15 is 0 Å². The predicted molar refractivity (Wildman–Crippen MR) is 96.4 cm³/mol. The molecule has 2 aromatic carbocycles. The predicted octanol–water partition coefficient (Wildman–Crippen LogP) is 4.24. The summed E-state index contributed by atoms with van der Waals surface area (Å²) >= 11 is 0. The summed E-state index contributed by atoms with van der Waals surface area (Å²) in [6, 6.07) is 12.2. The van der Waals surface area contributed by atoms with Crippen LogP contribution in [-0.2, 0) is 5.41 Å². The number of rotatable bonds is 7. The summed E-state index contributed by atoms with van der Waals surface area (Å²) in [7, 11) is 0. The van der Waals surface area contributed by atoms with Gasteiger partial charge in [0.2, 0.25) is 0 Å². The molecule has 6 nitrogen and oxygen atoms in total. The van der Waals surface area contributed by atoms with Crippen molar-refractivity contribution in [3.05, 3.63) is 69.8 Å². The van der Waals surface area contributed by atoms with Crippen molar-refractivity contribution < 1.29 is 27.6 Å². The number of nitrogens with zero attached hydrogens (tertiary/aromatic N) is 1. The van der Waals surface area contributed by atoms with Crippen LogP contribution in [0, 0.1) is 10.1 Å². The lowest BCUT2D eigenvalue weighted by atomic mass is 9.84. The minimum atomic E-state index is -4.57. The third-order valence-corrected chi connectivity index (χ3v) is 4.06. The average Bonchev–Trinajstić information content (AvgIpc) is 2.64. The molecule has 2 aromatic rings. The van der Waals surface area contributed by atoms with Crippen molar-refractivity contribution in [3.8, 4) is 5.75 Å². The van der Waals surface area contributed by atoms with E-state index in [2.05, 4.69) is 10.1 Å². The summed E-state index contributed by atoms with van der Waals surface area (Å²) in [5.41, 5.74) is -0.397. The van der Waals surface area contributed by atoms with Gasteiger partial charge < -0.3 is 10.1 Å². The number of hydrogen-bond donors (Lipinski definition) is 1. The molecule has 0 atom stereocenters. The Labute approximate surface area is 159 Å². The molecule has 150 valence electrons. The molecular formula is C19H19F3N2O4. The fraction of sp³-hybridized carbons (Fsp3) is 0.316. The van der Waals surface area contributed by atoms with Crippen LogP contribution < -0.4 is 10.1 Å². The number of hydrogen-bond acceptors (Lipinski definition) is 4. The Balaban J connectivity index is 2.19. The van der Waals surface area contributed by atoms with Gasteiger partial charge in [-0.15, -0.1) is 0 Å². The molecule has 9 heteroatoms. The van der Waals surface area contributed by atoms with Gasteiger partial charge in [0.25, 0.3) is 11.6 Å². The summed E-state index contributed by atoms with van der Waals surface area (Å²) < 4.78 is 41.5. The maximum absolute atomic E-state index is 12.5. The largest absolute Gasteiger partial charge is 0.484 e. The van der Waals surface area contributed by atoms with E-state index < -0.39 is 34.7 Å². The molecule has 1 amide bonds. The van der Waals surface area contributed by atoms with Crippen LogP contribution >= 0.6 is 0 Å². The lowest BCUT2D eigenvalue weighted by Crippen LogP contribution is -2.36. The summed E-state index contributed by atoms with van der Waals surface area (Å²) in [4.78, 5) is 22.9. The van der Waals surface area contributed by atoms with Crippen LogP contribution in [0.15, 0.2) is 48.5 Å². The van der Waals surface area contributed by atoms with Crippen LogP contribution in [0.3, 0.4) is 0 Å². The highest BCUT2D eigenvalue weighted by Crippen LogP contribution is 2.27. The number of benzene rings is 2. The van der Waals surface area contributed by atoms with E-state index in [1.807, 2.05) is 44.2 Å². The summed E-state index contributed by atoms with van der Waals surface area (Å²) in [6.07, 6.45) is -4.57. The molecule has 0 spiro atoms. The van der Waals surface area contributed by atoms with Gasteiger partial charge in [0.1, 0.15) is 11.3 Å². The molecule has 0 heterocycles. The minimum Gasteiger partial charge on any atom is -0.484 e. The Kier molecular flexibility index (Phi) is 6.27. The van der Waals surface area contributed by atoms with Crippen molar-refractivity contribution in [3.63, 3.8) is 0 Å². The number of alkyl halides is 3. The molecule has 0 fully saturated rings. The number of carbonyl (C=O) groups is 1. The molecule has 0 radical (unpaired) electrons. The second-order valence-corrected chi connectivity index (χ2v) is 6.77. The van der Waals surface area contributed by atoms with Gasteiger partial charge in [-0.25, -0.2) is 0 Å². The highest BCUT2D eigenvalue weighted by atomic mass is 19.4. The van der Waals surface area contributed by atoms with Crippen molar-refractivity contribution >= 4 is 11.6 Å². The average molecular weight is 396 g/mol. The molecule has 0 bridgehead atoms. The van der Waals surface area contributed by atoms with Gasteiger partial charge in [0, 0.05) is 18.0 Å². The molecular weight excluding hydrogens is 377 g/mol. The number of ether oxygens (including phenoxy) is 1. The van der Waals surface area contributed by atoms with Crippen LogP contribution in [0.4, 0.5) is 18.9 Å². The van der Waals surface area contributed by atoms with E-state index in [9.17, 15) is 28.1 Å². The van der Waals surface area contributed by atoms with Gasteiger partial charge in [-0.3, -0.25) is 14.9 Å². The van der Waals surface area contributed by atoms with Crippen molar-refractivity contribution in [2.45, 2.75) is 25.4 Å². The third kappa shape index (κ3) is 5.70. The highest BCUT2D eigenvalue weighted by molar-refractivity contribution is 5.98. The highest BCUT2D eigenvalue weighted by Gasteiger charge is 2.29. The SMILES string of the molecule is CC(C)(CNC(=O)c1cc(OCC(F)(F)F)ccc1[N+](=O)[O-])c1ccccc1. The third-order valence-electron chi connectivity index (χ3n) is 4.06. The van der Waals surface area contributed by atoms with Crippen LogP contribution in [0.5, 0.6) is 5.75 Å². The van der Waals surface area contributed by atoms with Gasteiger partial charge in [0.15, 0.2) is 6.61 Å². The fourth-order valence-corrected chi connectivity index (χ4v) is 2.50. The minimum absolute atomic E-state index is 0.167. The van der Waals surface area contributed by atoms with E-state index in [4.69, 9.17) is 0 Å². The molecule has 28 heavy (non-hydrogen) atoms. The maximum Gasteiger partial charge on any atom is 0.422 e. The van der Waals surface area contributed by atoms with Gasteiger partial charge in [-0.1, -0.05) is 44.2 Å². The van der Waals surface area contributed by atoms with Gasteiger partial charge >= 0.3 is 6.18 Å². The zero-order valence-corrected chi connectivity index (χ0v) is 15.2. The number of halogens is 3. The monoisotopic (exact) mass is 396 g/mol. The second-order valence-electron chi connectivity index (χ2n) is 6.77. The quantitative estimate of drug-likeness (QED) is 0.561. The van der Waals surface area contributed by atoms with E-state index in [1.165, 1.54) is 0 Å². The molecule has 0 aliphatic heterocycles. The van der Waals surface area contributed by atoms with Crippen molar-refractivity contribution in [1.82, 2.24) is 5.32 Å². The molecule has 0 aromatic heterocycles. The summed E-state index contributed by atoms with van der Waals surface area (Å²) in [5.74, 6) is -1.05. The van der Waals surface area contributed by atoms with Gasteiger partial charge in [0.05, 0.1) is 4.92 Å². The van der Waals surface area contributed by atoms with Crippen molar-refractivity contribution in [2.24, 2.45) is 0 Å². The van der Waals surface area contributed by atoms with E-state index in [1.54, 1.807) is 0 Å². The lowest BCUT2D eigenvalue weighted by Gasteiger charge is -2.25. The first-order chi connectivity index (χ1) is 13.0. The zero-order chi connectivity index (χ0) is 20.9. The molecule has 1 N–H and O–H groups in total. The fourth-order valence-electron chi connectivity index (χ4n) is 2.50. The molecule has 0 saturated carbocycles. The number of nitro groups is 1. The first-order valence-electron chi connectivity index (χ1n) is 8.31. The van der Waals surface area contributed by atoms with Crippen LogP contribution in [0.25, 0.3) is 0 Å². The number of carbonyl (C=O) groups excluding carboxylic acids is 1. The summed E-state index contributed by atoms with van der Waals surface area (Å²) in [5, 5.41) is 13.8. The second kappa shape index (κ2) is 8.28. The first kappa shape index (κ1) is 21.2. The Bertz CT molecular complexity index is 852. The Morgan fingerprint density at radius 2 is 1.79 bits per heavy atom. The maximum atomic E-state index is 12.5. The molecule has 0 aliphatic rings. The molecule has 0 unspecified atom stereocenters. The standard InChI is InChI=1S/C19H19F3N2O4/c1-18(2,13-6-4-3-5-7-13)11-23-17(25)15-10-14(28-12-19(20,21)22)8-9-16(15)24(26)27/h3-10H,11-12H2,1-2H3,(H,23,25). The molecule has 2 rings (SSSR count). The lowest BCUT2D eigenvalue weighted by molar-refractivity contribution is -0.385. The number of amides is 1. The van der Waals surface area contributed by atoms with Crippen LogP contribution in [-0.4, -0.2) is 30.2 Å². The summed E-state index contributed by atoms with van der Waals surface area (Å²) in [6.45, 7) is 2.38.